The fourth-order valence-corrected chi connectivity index (χ4v) is 2.40. The summed E-state index contributed by atoms with van der Waals surface area (Å²) in [5.41, 5.74) is 0.891. The van der Waals surface area contributed by atoms with Crippen LogP contribution in [0.2, 0.25) is 0 Å². The third-order valence-corrected chi connectivity index (χ3v) is 3.60. The summed E-state index contributed by atoms with van der Waals surface area (Å²) >= 11 is 0. The number of halogens is 1. The largest absolute Gasteiger partial charge is 0.481 e. The van der Waals surface area contributed by atoms with Gasteiger partial charge in [-0.15, -0.1) is 0 Å². The van der Waals surface area contributed by atoms with Gasteiger partial charge in [0.1, 0.15) is 5.82 Å². The quantitative estimate of drug-likeness (QED) is 0.896. The fourth-order valence-electron chi connectivity index (χ4n) is 2.40. The number of hydrogen-bond donors (Lipinski definition) is 2. The van der Waals surface area contributed by atoms with Crippen molar-refractivity contribution in [3.63, 3.8) is 0 Å². The highest BCUT2D eigenvalue weighted by Crippen LogP contribution is 2.29. The molecule has 0 bridgehead atoms. The predicted molar refractivity (Wildman–Crippen MR) is 76.9 cm³/mol. The van der Waals surface area contributed by atoms with Crippen molar-refractivity contribution >= 4 is 17.7 Å². The van der Waals surface area contributed by atoms with Crippen LogP contribution in [0.4, 0.5) is 14.9 Å². The normalized spacial score (nSPS) is 14.0. The van der Waals surface area contributed by atoms with Gasteiger partial charge in [0.25, 0.3) is 0 Å². The maximum atomic E-state index is 13.3. The van der Waals surface area contributed by atoms with Gasteiger partial charge in [0.2, 0.25) is 0 Å². The first-order valence-corrected chi connectivity index (χ1v) is 6.88. The topological polar surface area (TPSA) is 69.6 Å². The summed E-state index contributed by atoms with van der Waals surface area (Å²) in [6.45, 7) is 4.05. The molecule has 0 atom stereocenters. The smallest absolute Gasteiger partial charge is 0.322 e. The van der Waals surface area contributed by atoms with Crippen molar-refractivity contribution in [2.45, 2.75) is 38.6 Å². The average molecular weight is 294 g/mol. The standard InChI is InChI=1S/C15H19FN2O3/c1-15(2,7-5-13(19)20)17-14(21)18-8-6-10-3-4-11(16)9-12(10)18/h3-4,9H,5-8H2,1-2H3,(H,17,21)(H,19,20). The summed E-state index contributed by atoms with van der Waals surface area (Å²) in [6.07, 6.45) is 1.01. The summed E-state index contributed by atoms with van der Waals surface area (Å²) in [5, 5.41) is 11.5. The van der Waals surface area contributed by atoms with Crippen molar-refractivity contribution in [3.8, 4) is 0 Å². The van der Waals surface area contributed by atoms with Crippen LogP contribution >= 0.6 is 0 Å². The molecule has 2 amide bonds. The zero-order valence-electron chi connectivity index (χ0n) is 12.1. The molecule has 0 saturated heterocycles. The first-order valence-electron chi connectivity index (χ1n) is 6.88. The molecule has 1 aliphatic heterocycles. The van der Waals surface area contributed by atoms with E-state index < -0.39 is 11.5 Å². The Hall–Kier alpha value is -2.11. The lowest BCUT2D eigenvalue weighted by Gasteiger charge is -2.29. The molecule has 2 rings (SSSR count). The third kappa shape index (κ3) is 3.71. The van der Waals surface area contributed by atoms with Crippen LogP contribution in [-0.2, 0) is 11.2 Å². The highest BCUT2D eigenvalue weighted by Gasteiger charge is 2.29. The lowest BCUT2D eigenvalue weighted by atomic mass is 9.99. The molecule has 5 nitrogen and oxygen atoms in total. The molecular formula is C15H19FN2O3. The fraction of sp³-hybridized carbons (Fsp3) is 0.467. The zero-order valence-corrected chi connectivity index (χ0v) is 12.1. The second kappa shape index (κ2) is 5.71. The van der Waals surface area contributed by atoms with Gasteiger partial charge in [-0.05, 0) is 44.4 Å². The predicted octanol–water partition coefficient (Wildman–Crippen LogP) is 2.54. The number of fused-ring (bicyclic) bond motifs is 1. The van der Waals surface area contributed by atoms with Gasteiger partial charge >= 0.3 is 12.0 Å². The summed E-state index contributed by atoms with van der Waals surface area (Å²) in [5.74, 6) is -1.27. The molecule has 114 valence electrons. The maximum Gasteiger partial charge on any atom is 0.322 e. The number of urea groups is 1. The molecule has 1 aliphatic rings. The number of carboxylic acids is 1. The van der Waals surface area contributed by atoms with Crippen molar-refractivity contribution < 1.29 is 19.1 Å². The molecule has 6 heteroatoms. The van der Waals surface area contributed by atoms with Gasteiger partial charge in [0, 0.05) is 18.5 Å². The number of benzene rings is 1. The molecule has 1 heterocycles. The number of rotatable bonds is 4. The monoisotopic (exact) mass is 294 g/mol. The number of hydrogen-bond acceptors (Lipinski definition) is 2. The third-order valence-electron chi connectivity index (χ3n) is 3.60. The van der Waals surface area contributed by atoms with E-state index in [0.29, 0.717) is 25.1 Å². The van der Waals surface area contributed by atoms with Crippen LogP contribution in [0.25, 0.3) is 0 Å². The van der Waals surface area contributed by atoms with Crippen LogP contribution in [0, 0.1) is 5.82 Å². The number of carbonyl (C=O) groups is 2. The van der Waals surface area contributed by atoms with Crippen molar-refractivity contribution in [2.24, 2.45) is 0 Å². The van der Waals surface area contributed by atoms with Gasteiger partial charge in [-0.25, -0.2) is 9.18 Å². The zero-order chi connectivity index (χ0) is 15.6. The number of nitrogens with one attached hydrogen (secondary N) is 1. The number of nitrogens with zero attached hydrogens (tertiary/aromatic N) is 1. The van der Waals surface area contributed by atoms with Crippen molar-refractivity contribution in [1.82, 2.24) is 5.32 Å². The molecule has 2 N–H and O–H groups in total. The van der Waals surface area contributed by atoms with E-state index in [4.69, 9.17) is 5.11 Å². The Balaban J connectivity index is 2.06. The number of anilines is 1. The molecule has 0 radical (unpaired) electrons. The molecule has 0 spiro atoms. The minimum atomic E-state index is -0.897. The molecule has 0 unspecified atom stereocenters. The van der Waals surface area contributed by atoms with Crippen LogP contribution in [0.15, 0.2) is 18.2 Å². The molecule has 1 aromatic carbocycles. The SMILES string of the molecule is CC(C)(CCC(=O)O)NC(=O)N1CCc2ccc(F)cc21. The Morgan fingerprint density at radius 2 is 2.14 bits per heavy atom. The van der Waals surface area contributed by atoms with Crippen molar-refractivity contribution in [1.29, 1.82) is 0 Å². The Morgan fingerprint density at radius 1 is 1.43 bits per heavy atom. The van der Waals surface area contributed by atoms with E-state index >= 15 is 0 Å². The van der Waals surface area contributed by atoms with Crippen molar-refractivity contribution in [3.05, 3.63) is 29.6 Å². The van der Waals surface area contributed by atoms with Gasteiger partial charge in [-0.2, -0.15) is 0 Å². The van der Waals surface area contributed by atoms with Gasteiger partial charge in [0.15, 0.2) is 0 Å². The van der Waals surface area contributed by atoms with Crippen molar-refractivity contribution in [2.75, 3.05) is 11.4 Å². The van der Waals surface area contributed by atoms with E-state index in [1.54, 1.807) is 19.9 Å². The lowest BCUT2D eigenvalue weighted by molar-refractivity contribution is -0.137. The molecule has 0 saturated carbocycles. The maximum absolute atomic E-state index is 13.3. The average Bonchev–Trinajstić information content (AvgIpc) is 2.79. The summed E-state index contributed by atoms with van der Waals surface area (Å²) in [6, 6.07) is 4.10. The number of carboxylic acid groups (broad SMARTS) is 1. The van der Waals surface area contributed by atoms with Crippen LogP contribution in [0.1, 0.15) is 32.3 Å². The van der Waals surface area contributed by atoms with Gasteiger partial charge < -0.3 is 10.4 Å². The Labute approximate surface area is 122 Å². The molecule has 1 aromatic rings. The number of amides is 2. The van der Waals surface area contributed by atoms with Gasteiger partial charge in [0.05, 0.1) is 5.69 Å². The van der Waals surface area contributed by atoms with E-state index in [1.165, 1.54) is 17.0 Å². The minimum Gasteiger partial charge on any atom is -0.481 e. The molecule has 21 heavy (non-hydrogen) atoms. The van der Waals surface area contributed by atoms with Crippen LogP contribution in [0.5, 0.6) is 0 Å². The number of carbonyl (C=O) groups excluding carboxylic acids is 1. The molecular weight excluding hydrogens is 275 g/mol. The van der Waals surface area contributed by atoms with E-state index in [1.807, 2.05) is 0 Å². The number of aliphatic carboxylic acids is 1. The van der Waals surface area contributed by atoms with E-state index in [0.717, 1.165) is 5.56 Å². The molecule has 0 aliphatic carbocycles. The Bertz CT molecular complexity index is 572. The summed E-state index contributed by atoms with van der Waals surface area (Å²) in [7, 11) is 0. The first-order chi connectivity index (χ1) is 9.78. The van der Waals surface area contributed by atoms with Gasteiger partial charge in [-0.3, -0.25) is 9.69 Å². The van der Waals surface area contributed by atoms with Crippen LogP contribution in [-0.4, -0.2) is 29.2 Å². The summed E-state index contributed by atoms with van der Waals surface area (Å²) in [4.78, 5) is 24.4. The Morgan fingerprint density at radius 3 is 2.81 bits per heavy atom. The summed E-state index contributed by atoms with van der Waals surface area (Å²) < 4.78 is 13.3. The highest BCUT2D eigenvalue weighted by molar-refractivity contribution is 5.94. The Kier molecular flexibility index (Phi) is 4.16. The van der Waals surface area contributed by atoms with Crippen LogP contribution in [0.3, 0.4) is 0 Å². The molecule has 0 fully saturated rings. The van der Waals surface area contributed by atoms with Crippen LogP contribution < -0.4 is 10.2 Å². The van der Waals surface area contributed by atoms with Gasteiger partial charge in [-0.1, -0.05) is 6.07 Å². The minimum absolute atomic E-state index is 0.0154. The molecule has 0 aromatic heterocycles. The van der Waals surface area contributed by atoms with E-state index in [9.17, 15) is 14.0 Å². The second-order valence-corrected chi connectivity index (χ2v) is 5.88. The lowest BCUT2D eigenvalue weighted by Crippen LogP contribution is -2.50. The highest BCUT2D eigenvalue weighted by atomic mass is 19.1. The van der Waals surface area contributed by atoms with E-state index in [-0.39, 0.29) is 18.3 Å². The second-order valence-electron chi connectivity index (χ2n) is 5.88. The van der Waals surface area contributed by atoms with E-state index in [2.05, 4.69) is 5.32 Å². The first kappa shape index (κ1) is 15.3.